The Morgan fingerprint density at radius 2 is 1.90 bits per heavy atom. The van der Waals surface area contributed by atoms with Crippen LogP contribution in [0.2, 0.25) is 0 Å². The third-order valence-corrected chi connectivity index (χ3v) is 3.92. The first kappa shape index (κ1) is 15.4. The summed E-state index contributed by atoms with van der Waals surface area (Å²) in [7, 11) is 2.06. The molecule has 0 atom stereocenters. The topological polar surface area (TPSA) is 32.0 Å². The molecule has 4 heteroatoms. The quantitative estimate of drug-likeness (QED) is 0.805. The summed E-state index contributed by atoms with van der Waals surface area (Å²) in [6.45, 7) is 5.48. The van der Waals surface area contributed by atoms with Crippen molar-refractivity contribution in [1.82, 2.24) is 9.47 Å². The maximum atomic E-state index is 9.24. The summed E-state index contributed by atoms with van der Waals surface area (Å²) < 4.78 is 2.64. The third kappa shape index (κ3) is 3.57. The molecule has 0 amide bonds. The molecule has 0 aliphatic heterocycles. The molecule has 21 heavy (non-hydrogen) atoms. The molecule has 1 heterocycles. The molecule has 0 saturated heterocycles. The third-order valence-electron chi connectivity index (χ3n) is 3.49. The average molecular weight is 297 g/mol. The zero-order valence-electron chi connectivity index (χ0n) is 12.6. The van der Waals surface area contributed by atoms with E-state index in [0.29, 0.717) is 16.9 Å². The van der Waals surface area contributed by atoms with Gasteiger partial charge in [-0.3, -0.25) is 4.90 Å². The Kier molecular flexibility index (Phi) is 4.89. The number of hydrogen-bond acceptors (Lipinski definition) is 3. The summed E-state index contributed by atoms with van der Waals surface area (Å²) in [4.78, 5) is 2.19. The minimum absolute atomic E-state index is 0.601. The van der Waals surface area contributed by atoms with Crippen LogP contribution in [0.1, 0.15) is 22.4 Å². The number of nitriles is 1. The summed E-state index contributed by atoms with van der Waals surface area (Å²) >= 11 is 5.46. The number of benzene rings is 1. The smallest absolute Gasteiger partial charge is 0.125 e. The van der Waals surface area contributed by atoms with Crippen molar-refractivity contribution in [2.45, 2.75) is 27.1 Å². The molecule has 0 saturated carbocycles. The standard InChI is InChI=1S/C17H19N3S/c1-13-9-14(2)20(17(21)16(13)10-18)12-19(3)11-15-7-5-4-6-8-15/h4-9H,11-12H2,1-3H3. The number of aromatic nitrogens is 1. The molecule has 2 rings (SSSR count). The molecule has 0 unspecified atom stereocenters. The first-order valence-electron chi connectivity index (χ1n) is 6.86. The Balaban J connectivity index is 2.24. The van der Waals surface area contributed by atoms with Crippen LogP contribution in [0.4, 0.5) is 0 Å². The van der Waals surface area contributed by atoms with Gasteiger partial charge in [-0.15, -0.1) is 0 Å². The number of hydrogen-bond donors (Lipinski definition) is 0. The van der Waals surface area contributed by atoms with Gasteiger partial charge in [0.05, 0.1) is 12.2 Å². The summed E-state index contributed by atoms with van der Waals surface area (Å²) in [6.07, 6.45) is 0. The maximum Gasteiger partial charge on any atom is 0.125 e. The molecular weight excluding hydrogens is 278 g/mol. The molecule has 0 bridgehead atoms. The SMILES string of the molecule is Cc1cc(C)n(CN(C)Cc2ccccc2)c(=S)c1C#N. The van der Waals surface area contributed by atoms with Crippen molar-refractivity contribution in [2.24, 2.45) is 0 Å². The summed E-state index contributed by atoms with van der Waals surface area (Å²) in [5.41, 5.74) is 3.89. The van der Waals surface area contributed by atoms with E-state index in [1.54, 1.807) is 0 Å². The van der Waals surface area contributed by atoms with Gasteiger partial charge in [-0.1, -0.05) is 42.5 Å². The van der Waals surface area contributed by atoms with Gasteiger partial charge in [-0.2, -0.15) is 5.26 Å². The number of pyridine rings is 1. The van der Waals surface area contributed by atoms with Gasteiger partial charge in [0.15, 0.2) is 0 Å². The van der Waals surface area contributed by atoms with Crippen LogP contribution in [-0.2, 0) is 13.2 Å². The van der Waals surface area contributed by atoms with Crippen LogP contribution in [0.3, 0.4) is 0 Å². The second kappa shape index (κ2) is 6.66. The minimum Gasteiger partial charge on any atom is -0.322 e. The molecule has 108 valence electrons. The fraction of sp³-hybridized carbons (Fsp3) is 0.294. The van der Waals surface area contributed by atoms with Crippen LogP contribution < -0.4 is 0 Å². The van der Waals surface area contributed by atoms with Crippen LogP contribution in [0.15, 0.2) is 36.4 Å². The van der Waals surface area contributed by atoms with E-state index in [0.717, 1.165) is 17.8 Å². The number of nitrogens with zero attached hydrogens (tertiary/aromatic N) is 3. The molecule has 1 aromatic heterocycles. The summed E-state index contributed by atoms with van der Waals surface area (Å²) in [5, 5.41) is 9.24. The van der Waals surface area contributed by atoms with Crippen molar-refractivity contribution in [3.63, 3.8) is 0 Å². The predicted molar refractivity (Wildman–Crippen MR) is 87.4 cm³/mol. The lowest BCUT2D eigenvalue weighted by Gasteiger charge is -2.21. The second-order valence-corrected chi connectivity index (χ2v) is 5.72. The van der Waals surface area contributed by atoms with E-state index in [1.807, 2.05) is 42.7 Å². The Bertz CT molecular complexity index is 726. The Labute approximate surface area is 131 Å². The van der Waals surface area contributed by atoms with Crippen molar-refractivity contribution in [3.8, 4) is 6.07 Å². The van der Waals surface area contributed by atoms with E-state index in [-0.39, 0.29) is 0 Å². The molecule has 1 aromatic carbocycles. The van der Waals surface area contributed by atoms with Crippen molar-refractivity contribution >= 4 is 12.2 Å². The molecule has 3 nitrogen and oxygen atoms in total. The van der Waals surface area contributed by atoms with E-state index in [2.05, 4.69) is 30.1 Å². The minimum atomic E-state index is 0.601. The van der Waals surface area contributed by atoms with Gasteiger partial charge in [0.2, 0.25) is 0 Å². The normalized spacial score (nSPS) is 10.6. The molecular formula is C17H19N3S. The van der Waals surface area contributed by atoms with Gasteiger partial charge in [0.25, 0.3) is 0 Å². The highest BCUT2D eigenvalue weighted by molar-refractivity contribution is 7.71. The van der Waals surface area contributed by atoms with Gasteiger partial charge in [-0.25, -0.2) is 0 Å². The Morgan fingerprint density at radius 3 is 2.52 bits per heavy atom. The van der Waals surface area contributed by atoms with E-state index in [1.165, 1.54) is 5.56 Å². The highest BCUT2D eigenvalue weighted by atomic mass is 32.1. The lowest BCUT2D eigenvalue weighted by Crippen LogP contribution is -2.24. The van der Waals surface area contributed by atoms with Crippen LogP contribution >= 0.6 is 12.2 Å². The van der Waals surface area contributed by atoms with E-state index in [4.69, 9.17) is 12.2 Å². The fourth-order valence-corrected chi connectivity index (χ4v) is 2.83. The molecule has 0 N–H and O–H groups in total. The van der Waals surface area contributed by atoms with Gasteiger partial charge >= 0.3 is 0 Å². The van der Waals surface area contributed by atoms with Gasteiger partial charge < -0.3 is 4.57 Å². The zero-order chi connectivity index (χ0) is 15.4. The Hall–Kier alpha value is -1.96. The summed E-state index contributed by atoms with van der Waals surface area (Å²) in [6, 6.07) is 14.5. The number of rotatable bonds is 4. The first-order chi connectivity index (χ1) is 10.0. The molecule has 0 fully saturated rings. The van der Waals surface area contributed by atoms with E-state index >= 15 is 0 Å². The molecule has 0 radical (unpaired) electrons. The fourth-order valence-electron chi connectivity index (χ4n) is 2.43. The van der Waals surface area contributed by atoms with Crippen molar-refractivity contribution in [1.29, 1.82) is 5.26 Å². The molecule has 2 aromatic rings. The van der Waals surface area contributed by atoms with Crippen LogP contribution in [-0.4, -0.2) is 16.5 Å². The second-order valence-electron chi connectivity index (χ2n) is 5.33. The van der Waals surface area contributed by atoms with Crippen LogP contribution in [0.5, 0.6) is 0 Å². The van der Waals surface area contributed by atoms with Crippen molar-refractivity contribution in [2.75, 3.05) is 7.05 Å². The van der Waals surface area contributed by atoms with Crippen LogP contribution in [0, 0.1) is 29.8 Å². The van der Waals surface area contributed by atoms with Gasteiger partial charge in [0, 0.05) is 12.2 Å². The largest absolute Gasteiger partial charge is 0.322 e. The molecule has 0 aliphatic carbocycles. The van der Waals surface area contributed by atoms with E-state index < -0.39 is 0 Å². The van der Waals surface area contributed by atoms with Gasteiger partial charge in [0.1, 0.15) is 10.7 Å². The van der Waals surface area contributed by atoms with Crippen molar-refractivity contribution in [3.05, 3.63) is 63.4 Å². The van der Waals surface area contributed by atoms with Gasteiger partial charge in [-0.05, 0) is 38.1 Å². The molecule has 0 aliphatic rings. The Morgan fingerprint density at radius 1 is 1.24 bits per heavy atom. The molecule has 0 spiro atoms. The highest BCUT2D eigenvalue weighted by Gasteiger charge is 2.09. The lowest BCUT2D eigenvalue weighted by atomic mass is 10.1. The van der Waals surface area contributed by atoms with Crippen LogP contribution in [0.25, 0.3) is 0 Å². The lowest BCUT2D eigenvalue weighted by molar-refractivity contribution is 0.255. The van der Waals surface area contributed by atoms with E-state index in [9.17, 15) is 5.26 Å². The summed E-state index contributed by atoms with van der Waals surface area (Å²) in [5.74, 6) is 0. The highest BCUT2D eigenvalue weighted by Crippen LogP contribution is 2.14. The zero-order valence-corrected chi connectivity index (χ0v) is 13.4. The number of aryl methyl sites for hydroxylation is 2. The van der Waals surface area contributed by atoms with Crippen molar-refractivity contribution < 1.29 is 0 Å². The predicted octanol–water partition coefficient (Wildman–Crippen LogP) is 3.80. The average Bonchev–Trinajstić information content (AvgIpc) is 2.45. The first-order valence-corrected chi connectivity index (χ1v) is 7.27. The maximum absolute atomic E-state index is 9.24. The monoisotopic (exact) mass is 297 g/mol.